The van der Waals surface area contributed by atoms with Crippen molar-refractivity contribution < 1.29 is 14.4 Å². The van der Waals surface area contributed by atoms with Crippen molar-refractivity contribution in [3.05, 3.63) is 30.1 Å². The van der Waals surface area contributed by atoms with Gasteiger partial charge >= 0.3 is 0 Å². The first-order chi connectivity index (χ1) is 12.5. The third kappa shape index (κ3) is 3.86. The maximum absolute atomic E-state index is 12.8. The van der Waals surface area contributed by atoms with Crippen molar-refractivity contribution in [1.29, 1.82) is 0 Å². The first kappa shape index (κ1) is 18.4. The van der Waals surface area contributed by atoms with E-state index in [1.54, 1.807) is 34.3 Å². The Morgan fingerprint density at radius 3 is 2.54 bits per heavy atom. The predicted octanol–water partition coefficient (Wildman–Crippen LogP) is 1.01. The van der Waals surface area contributed by atoms with Crippen LogP contribution in [0.5, 0.6) is 0 Å². The fraction of sp³-hybridized carbons (Fsp3) is 0.579. The van der Waals surface area contributed by atoms with Crippen LogP contribution >= 0.6 is 0 Å². The molecule has 7 heteroatoms. The van der Waals surface area contributed by atoms with Gasteiger partial charge < -0.3 is 14.7 Å². The fourth-order valence-corrected chi connectivity index (χ4v) is 3.67. The second kappa shape index (κ2) is 7.85. The molecule has 3 amide bonds. The SMILES string of the molecule is CC(C)N1CC(C(=O)N2CCCN(C(=O)c3cccnc3)CC2)CC1=O. The molecule has 3 heterocycles. The van der Waals surface area contributed by atoms with E-state index in [4.69, 9.17) is 0 Å². The van der Waals surface area contributed by atoms with E-state index in [2.05, 4.69) is 4.98 Å². The molecule has 1 unspecified atom stereocenters. The molecule has 0 aromatic carbocycles. The number of pyridine rings is 1. The molecule has 2 saturated heterocycles. The lowest BCUT2D eigenvalue weighted by Gasteiger charge is -2.25. The molecule has 0 N–H and O–H groups in total. The van der Waals surface area contributed by atoms with E-state index >= 15 is 0 Å². The minimum absolute atomic E-state index is 0.0391. The van der Waals surface area contributed by atoms with Crippen LogP contribution in [0.2, 0.25) is 0 Å². The first-order valence-corrected chi connectivity index (χ1v) is 9.25. The Hall–Kier alpha value is -2.44. The van der Waals surface area contributed by atoms with Crippen molar-refractivity contribution in [3.63, 3.8) is 0 Å². The molecule has 0 radical (unpaired) electrons. The van der Waals surface area contributed by atoms with Crippen molar-refractivity contribution in [2.24, 2.45) is 5.92 Å². The standard InChI is InChI=1S/C19H26N4O3/c1-14(2)23-13-16(11-17(23)24)19(26)22-8-4-7-21(9-10-22)18(25)15-5-3-6-20-12-15/h3,5-6,12,14,16H,4,7-11,13H2,1-2H3. The van der Waals surface area contributed by atoms with Crippen molar-refractivity contribution in [1.82, 2.24) is 19.7 Å². The summed E-state index contributed by atoms with van der Waals surface area (Å²) in [7, 11) is 0. The molecule has 7 nitrogen and oxygen atoms in total. The number of carbonyl (C=O) groups excluding carboxylic acids is 3. The highest BCUT2D eigenvalue weighted by molar-refractivity contribution is 5.94. The molecule has 0 bridgehead atoms. The largest absolute Gasteiger partial charge is 0.341 e. The molecule has 0 spiro atoms. The molecule has 2 aliphatic heterocycles. The van der Waals surface area contributed by atoms with Crippen LogP contribution in [0.3, 0.4) is 0 Å². The van der Waals surface area contributed by atoms with Crippen LogP contribution in [0.4, 0.5) is 0 Å². The number of aromatic nitrogens is 1. The lowest BCUT2D eigenvalue weighted by atomic mass is 10.1. The van der Waals surface area contributed by atoms with Gasteiger partial charge in [0.25, 0.3) is 5.91 Å². The number of nitrogens with zero attached hydrogens (tertiary/aromatic N) is 4. The van der Waals surface area contributed by atoms with Crippen molar-refractivity contribution in [2.75, 3.05) is 32.7 Å². The Morgan fingerprint density at radius 2 is 1.88 bits per heavy atom. The molecular weight excluding hydrogens is 332 g/mol. The lowest BCUT2D eigenvalue weighted by Crippen LogP contribution is -2.41. The number of hydrogen-bond acceptors (Lipinski definition) is 4. The highest BCUT2D eigenvalue weighted by Crippen LogP contribution is 2.23. The minimum atomic E-state index is -0.259. The van der Waals surface area contributed by atoms with E-state index in [1.807, 2.05) is 18.7 Å². The van der Waals surface area contributed by atoms with E-state index in [0.29, 0.717) is 44.7 Å². The molecule has 0 aliphatic carbocycles. The Balaban J connectivity index is 1.59. The zero-order valence-electron chi connectivity index (χ0n) is 15.4. The van der Waals surface area contributed by atoms with Crippen molar-refractivity contribution in [3.8, 4) is 0 Å². The summed E-state index contributed by atoms with van der Waals surface area (Å²) in [5, 5.41) is 0. The Kier molecular flexibility index (Phi) is 5.54. The quantitative estimate of drug-likeness (QED) is 0.808. The van der Waals surface area contributed by atoms with Crippen LogP contribution in [0.25, 0.3) is 0 Å². The Labute approximate surface area is 154 Å². The molecule has 1 aromatic rings. The number of hydrogen-bond donors (Lipinski definition) is 0. The molecule has 2 fully saturated rings. The number of amides is 3. The van der Waals surface area contributed by atoms with Gasteiger partial charge in [-0.05, 0) is 32.4 Å². The van der Waals surface area contributed by atoms with E-state index in [-0.39, 0.29) is 29.7 Å². The van der Waals surface area contributed by atoms with Gasteiger partial charge in [0, 0.05) is 57.6 Å². The van der Waals surface area contributed by atoms with Gasteiger partial charge in [-0.3, -0.25) is 19.4 Å². The van der Waals surface area contributed by atoms with Crippen molar-refractivity contribution in [2.45, 2.75) is 32.7 Å². The molecule has 140 valence electrons. The topological polar surface area (TPSA) is 73.8 Å². The van der Waals surface area contributed by atoms with Gasteiger partial charge in [0.2, 0.25) is 11.8 Å². The van der Waals surface area contributed by atoms with Crippen molar-refractivity contribution >= 4 is 17.7 Å². The second-order valence-electron chi connectivity index (χ2n) is 7.25. The van der Waals surface area contributed by atoms with Crippen LogP contribution in [-0.4, -0.2) is 76.2 Å². The van der Waals surface area contributed by atoms with Gasteiger partial charge in [0.05, 0.1) is 11.5 Å². The van der Waals surface area contributed by atoms with Gasteiger partial charge in [-0.1, -0.05) is 0 Å². The molecule has 1 aromatic heterocycles. The number of carbonyl (C=O) groups is 3. The summed E-state index contributed by atoms with van der Waals surface area (Å²) >= 11 is 0. The summed E-state index contributed by atoms with van der Waals surface area (Å²) in [6.45, 7) is 6.72. The summed E-state index contributed by atoms with van der Waals surface area (Å²) in [5.41, 5.74) is 0.571. The molecular formula is C19H26N4O3. The average Bonchev–Trinajstić information content (AvgIpc) is 2.88. The Bertz CT molecular complexity index is 677. The van der Waals surface area contributed by atoms with Crippen LogP contribution < -0.4 is 0 Å². The third-order valence-corrected chi connectivity index (χ3v) is 5.13. The lowest BCUT2D eigenvalue weighted by molar-refractivity contribution is -0.135. The Morgan fingerprint density at radius 1 is 1.15 bits per heavy atom. The normalized spacial score (nSPS) is 21.3. The minimum Gasteiger partial charge on any atom is -0.341 e. The van der Waals surface area contributed by atoms with Gasteiger partial charge in [0.15, 0.2) is 0 Å². The fourth-order valence-electron chi connectivity index (χ4n) is 3.67. The molecule has 0 saturated carbocycles. The average molecular weight is 358 g/mol. The molecule has 1 atom stereocenters. The van der Waals surface area contributed by atoms with Gasteiger partial charge in [-0.2, -0.15) is 0 Å². The maximum atomic E-state index is 12.8. The maximum Gasteiger partial charge on any atom is 0.255 e. The number of rotatable bonds is 3. The van der Waals surface area contributed by atoms with E-state index in [9.17, 15) is 14.4 Å². The summed E-state index contributed by atoms with van der Waals surface area (Å²) in [5.74, 6) is -0.210. The summed E-state index contributed by atoms with van der Waals surface area (Å²) in [4.78, 5) is 46.9. The van der Waals surface area contributed by atoms with Crippen LogP contribution in [-0.2, 0) is 9.59 Å². The summed E-state index contributed by atoms with van der Waals surface area (Å²) < 4.78 is 0. The van der Waals surface area contributed by atoms with E-state index < -0.39 is 0 Å². The third-order valence-electron chi connectivity index (χ3n) is 5.13. The van der Waals surface area contributed by atoms with Crippen LogP contribution in [0, 0.1) is 5.92 Å². The molecule has 3 rings (SSSR count). The summed E-state index contributed by atoms with van der Waals surface area (Å²) in [6.07, 6.45) is 4.25. The monoisotopic (exact) mass is 358 g/mol. The zero-order valence-corrected chi connectivity index (χ0v) is 15.4. The van der Waals surface area contributed by atoms with Crippen LogP contribution in [0.1, 0.15) is 37.0 Å². The molecule has 26 heavy (non-hydrogen) atoms. The first-order valence-electron chi connectivity index (χ1n) is 9.25. The van der Waals surface area contributed by atoms with Gasteiger partial charge in [0.1, 0.15) is 0 Å². The van der Waals surface area contributed by atoms with E-state index in [0.717, 1.165) is 6.42 Å². The van der Waals surface area contributed by atoms with E-state index in [1.165, 1.54) is 0 Å². The predicted molar refractivity (Wildman–Crippen MR) is 96.3 cm³/mol. The smallest absolute Gasteiger partial charge is 0.255 e. The number of likely N-dealkylation sites (tertiary alicyclic amines) is 1. The second-order valence-corrected chi connectivity index (χ2v) is 7.25. The van der Waals surface area contributed by atoms with Gasteiger partial charge in [-0.15, -0.1) is 0 Å². The summed E-state index contributed by atoms with van der Waals surface area (Å²) in [6, 6.07) is 3.63. The highest BCUT2D eigenvalue weighted by Gasteiger charge is 2.37. The molecule has 2 aliphatic rings. The highest BCUT2D eigenvalue weighted by atomic mass is 16.2. The van der Waals surface area contributed by atoms with Crippen LogP contribution in [0.15, 0.2) is 24.5 Å². The van der Waals surface area contributed by atoms with Gasteiger partial charge in [-0.25, -0.2) is 0 Å². The zero-order chi connectivity index (χ0) is 18.7.